The summed E-state index contributed by atoms with van der Waals surface area (Å²) in [6.07, 6.45) is 3.39. The van der Waals surface area contributed by atoms with Crippen molar-refractivity contribution in [2.24, 2.45) is 0 Å². The fourth-order valence-electron chi connectivity index (χ4n) is 1.47. The number of hydrogen-bond acceptors (Lipinski definition) is 5. The van der Waals surface area contributed by atoms with Gasteiger partial charge in [0.15, 0.2) is 0 Å². The molecule has 2 aromatic heterocycles. The predicted molar refractivity (Wildman–Crippen MR) is 60.1 cm³/mol. The maximum atomic E-state index is 5.53. The minimum atomic E-state index is 0.446. The molecule has 84 valence electrons. The van der Waals surface area contributed by atoms with Crippen LogP contribution in [0.2, 0.25) is 0 Å². The number of nitrogen functional groups attached to an aromatic ring is 1. The second-order valence-corrected chi connectivity index (χ2v) is 3.40. The Morgan fingerprint density at radius 3 is 2.50 bits per heavy atom. The molecule has 6 heteroatoms. The van der Waals surface area contributed by atoms with Crippen LogP contribution in [0.3, 0.4) is 0 Å². The summed E-state index contributed by atoms with van der Waals surface area (Å²) in [5.74, 6) is 0.909. The molecule has 0 spiro atoms. The molecule has 6 nitrogen and oxygen atoms in total. The fraction of sp³-hybridized carbons (Fsp3) is 0.400. The lowest BCUT2D eigenvalue weighted by Gasteiger charge is -2.04. The molecule has 0 aromatic carbocycles. The zero-order valence-electron chi connectivity index (χ0n) is 9.38. The van der Waals surface area contributed by atoms with Crippen LogP contribution >= 0.6 is 0 Å². The summed E-state index contributed by atoms with van der Waals surface area (Å²) >= 11 is 0. The Morgan fingerprint density at radius 1 is 1.19 bits per heavy atom. The van der Waals surface area contributed by atoms with Crippen LogP contribution in [0, 0.1) is 0 Å². The second-order valence-electron chi connectivity index (χ2n) is 3.40. The van der Waals surface area contributed by atoms with Crippen molar-refractivity contribution < 1.29 is 0 Å². The third-order valence-electron chi connectivity index (χ3n) is 2.31. The molecule has 0 atom stereocenters. The van der Waals surface area contributed by atoms with Crippen molar-refractivity contribution >= 4 is 5.82 Å². The van der Waals surface area contributed by atoms with Gasteiger partial charge in [-0.1, -0.05) is 13.8 Å². The molecule has 2 N–H and O–H groups in total. The Kier molecular flexibility index (Phi) is 2.80. The van der Waals surface area contributed by atoms with Gasteiger partial charge in [0.25, 0.3) is 5.95 Å². The smallest absolute Gasteiger partial charge is 0.270 e. The molecule has 2 rings (SSSR count). The van der Waals surface area contributed by atoms with Crippen LogP contribution in [0.5, 0.6) is 0 Å². The molecular formula is C10H14N6. The average molecular weight is 218 g/mol. The van der Waals surface area contributed by atoms with E-state index >= 15 is 0 Å². The summed E-state index contributed by atoms with van der Waals surface area (Å²) in [7, 11) is 0. The first-order chi connectivity index (χ1) is 7.74. The summed E-state index contributed by atoms with van der Waals surface area (Å²) in [4.78, 5) is 4.42. The molecular weight excluding hydrogens is 204 g/mol. The molecule has 0 fully saturated rings. The minimum Gasteiger partial charge on any atom is -0.382 e. The van der Waals surface area contributed by atoms with Gasteiger partial charge in [0.1, 0.15) is 5.82 Å². The SMILES string of the molecule is CCc1nnc(-n2ccc(N)n2)nc1CC. The Balaban J connectivity index is 2.43. The van der Waals surface area contributed by atoms with Crippen LogP contribution < -0.4 is 5.73 Å². The highest BCUT2D eigenvalue weighted by molar-refractivity contribution is 5.27. The quantitative estimate of drug-likeness (QED) is 0.822. The normalized spacial score (nSPS) is 10.6. The van der Waals surface area contributed by atoms with E-state index in [1.165, 1.54) is 4.68 Å². The summed E-state index contributed by atoms with van der Waals surface area (Å²) < 4.78 is 1.53. The van der Waals surface area contributed by atoms with Crippen molar-refractivity contribution in [3.05, 3.63) is 23.7 Å². The number of aromatic nitrogens is 5. The number of rotatable bonds is 3. The molecule has 0 bridgehead atoms. The highest BCUT2D eigenvalue weighted by Crippen LogP contribution is 2.07. The van der Waals surface area contributed by atoms with E-state index in [4.69, 9.17) is 5.73 Å². The minimum absolute atomic E-state index is 0.446. The lowest BCUT2D eigenvalue weighted by atomic mass is 10.2. The Labute approximate surface area is 93.5 Å². The molecule has 0 unspecified atom stereocenters. The van der Waals surface area contributed by atoms with Gasteiger partial charge in [0.05, 0.1) is 11.4 Å². The van der Waals surface area contributed by atoms with Gasteiger partial charge in [-0.3, -0.25) is 0 Å². The largest absolute Gasteiger partial charge is 0.382 e. The molecule has 0 aliphatic heterocycles. The second kappa shape index (κ2) is 4.26. The van der Waals surface area contributed by atoms with Crippen molar-refractivity contribution in [2.75, 3.05) is 5.73 Å². The molecule has 0 amide bonds. The lowest BCUT2D eigenvalue weighted by molar-refractivity contribution is 0.731. The monoisotopic (exact) mass is 218 g/mol. The third kappa shape index (κ3) is 1.86. The number of nitrogens with zero attached hydrogens (tertiary/aromatic N) is 5. The van der Waals surface area contributed by atoms with Crippen LogP contribution in [0.25, 0.3) is 5.95 Å². The van der Waals surface area contributed by atoms with Gasteiger partial charge in [-0.05, 0) is 12.8 Å². The first kappa shape index (κ1) is 10.5. The molecule has 0 radical (unpaired) electrons. The number of aryl methyl sites for hydroxylation is 2. The van der Waals surface area contributed by atoms with Crippen LogP contribution in [0.4, 0.5) is 5.82 Å². The van der Waals surface area contributed by atoms with Crippen molar-refractivity contribution in [3.8, 4) is 5.95 Å². The molecule has 2 heterocycles. The summed E-state index contributed by atoms with van der Waals surface area (Å²) in [6, 6.07) is 1.70. The van der Waals surface area contributed by atoms with Gasteiger partial charge >= 0.3 is 0 Å². The van der Waals surface area contributed by atoms with E-state index in [1.807, 2.05) is 13.8 Å². The highest BCUT2D eigenvalue weighted by Gasteiger charge is 2.08. The fourth-order valence-corrected chi connectivity index (χ4v) is 1.47. The molecule has 16 heavy (non-hydrogen) atoms. The van der Waals surface area contributed by atoms with Gasteiger partial charge in [0, 0.05) is 12.3 Å². The number of hydrogen-bond donors (Lipinski definition) is 1. The topological polar surface area (TPSA) is 82.5 Å². The third-order valence-corrected chi connectivity index (χ3v) is 2.31. The summed E-state index contributed by atoms with van der Waals surface area (Å²) in [6.45, 7) is 4.08. The van der Waals surface area contributed by atoms with Crippen LogP contribution in [0.1, 0.15) is 25.2 Å². The number of nitrogens with two attached hydrogens (primary N) is 1. The average Bonchev–Trinajstić information content (AvgIpc) is 2.75. The first-order valence-electron chi connectivity index (χ1n) is 5.28. The maximum Gasteiger partial charge on any atom is 0.270 e. The van der Waals surface area contributed by atoms with Gasteiger partial charge in [-0.25, -0.2) is 9.67 Å². The highest BCUT2D eigenvalue weighted by atomic mass is 15.4. The van der Waals surface area contributed by atoms with Crippen LogP contribution in [-0.2, 0) is 12.8 Å². The maximum absolute atomic E-state index is 5.53. The van der Waals surface area contributed by atoms with Crippen molar-refractivity contribution in [1.82, 2.24) is 25.0 Å². The Bertz CT molecular complexity index is 490. The van der Waals surface area contributed by atoms with E-state index in [-0.39, 0.29) is 0 Å². The molecule has 0 saturated heterocycles. The van der Waals surface area contributed by atoms with Gasteiger partial charge < -0.3 is 5.73 Å². The molecule has 0 aliphatic carbocycles. The van der Waals surface area contributed by atoms with Crippen molar-refractivity contribution in [2.45, 2.75) is 26.7 Å². The van der Waals surface area contributed by atoms with E-state index in [2.05, 4.69) is 20.3 Å². The standard InChI is InChI=1S/C10H14N6/c1-3-7-8(4-2)13-14-10(12-7)16-6-5-9(11)15-16/h5-6H,3-4H2,1-2H3,(H2,11,15). The predicted octanol–water partition coefficient (Wildman–Crippen LogP) is 0.764. The molecule has 2 aromatic rings. The van der Waals surface area contributed by atoms with Crippen molar-refractivity contribution in [3.63, 3.8) is 0 Å². The van der Waals surface area contributed by atoms with E-state index in [0.717, 1.165) is 24.2 Å². The van der Waals surface area contributed by atoms with E-state index < -0.39 is 0 Å². The van der Waals surface area contributed by atoms with E-state index in [9.17, 15) is 0 Å². The van der Waals surface area contributed by atoms with Crippen LogP contribution in [-0.4, -0.2) is 25.0 Å². The Morgan fingerprint density at radius 2 is 1.94 bits per heavy atom. The van der Waals surface area contributed by atoms with E-state index in [1.54, 1.807) is 12.3 Å². The van der Waals surface area contributed by atoms with E-state index in [0.29, 0.717) is 11.8 Å². The van der Waals surface area contributed by atoms with Crippen LogP contribution in [0.15, 0.2) is 12.3 Å². The Hall–Kier alpha value is -1.98. The van der Waals surface area contributed by atoms with Gasteiger partial charge in [0.2, 0.25) is 0 Å². The molecule has 0 aliphatic rings. The summed E-state index contributed by atoms with van der Waals surface area (Å²) in [5, 5.41) is 12.2. The summed E-state index contributed by atoms with van der Waals surface area (Å²) in [5.41, 5.74) is 7.43. The van der Waals surface area contributed by atoms with Crippen molar-refractivity contribution in [1.29, 1.82) is 0 Å². The molecule has 0 saturated carbocycles. The first-order valence-corrected chi connectivity index (χ1v) is 5.28. The zero-order chi connectivity index (χ0) is 11.5. The number of anilines is 1. The van der Waals surface area contributed by atoms with Gasteiger partial charge in [-0.15, -0.1) is 15.3 Å². The zero-order valence-corrected chi connectivity index (χ0v) is 9.38. The van der Waals surface area contributed by atoms with Gasteiger partial charge in [-0.2, -0.15) is 0 Å². The lowest BCUT2D eigenvalue weighted by Crippen LogP contribution is -2.09.